The fourth-order valence-corrected chi connectivity index (χ4v) is 3.17. The molecule has 0 unspecified atom stereocenters. The summed E-state index contributed by atoms with van der Waals surface area (Å²) in [6.07, 6.45) is 5.25. The number of likely N-dealkylation sites (tertiary alicyclic amines) is 1. The van der Waals surface area contributed by atoms with Crippen LogP contribution in [0.5, 0.6) is 5.75 Å². The van der Waals surface area contributed by atoms with Crippen LogP contribution in [0, 0.1) is 11.3 Å². The SMILES string of the molecule is CN1CC(NC(=O)c2cnc3nc2Nc2ccc(C#N)c(c2)OC/C=C\CN3)C1. The van der Waals surface area contributed by atoms with E-state index in [1.165, 1.54) is 6.20 Å². The summed E-state index contributed by atoms with van der Waals surface area (Å²) in [5.74, 6) is 1.02. The smallest absolute Gasteiger partial charge is 0.256 e. The Hall–Kier alpha value is -3.64. The molecule has 9 heteroatoms. The van der Waals surface area contributed by atoms with E-state index in [-0.39, 0.29) is 11.9 Å². The second-order valence-corrected chi connectivity index (χ2v) is 6.96. The van der Waals surface area contributed by atoms with Gasteiger partial charge in [-0.05, 0) is 25.3 Å². The summed E-state index contributed by atoms with van der Waals surface area (Å²) in [4.78, 5) is 23.6. The van der Waals surface area contributed by atoms with Gasteiger partial charge in [0, 0.05) is 37.6 Å². The summed E-state index contributed by atoms with van der Waals surface area (Å²) in [6.45, 7) is 2.47. The summed E-state index contributed by atoms with van der Waals surface area (Å²) in [5, 5.41) is 18.6. The van der Waals surface area contributed by atoms with Crippen LogP contribution in [-0.4, -0.2) is 60.1 Å². The number of ether oxygens (including phenoxy) is 1. The van der Waals surface area contributed by atoms with Gasteiger partial charge in [-0.15, -0.1) is 0 Å². The Morgan fingerprint density at radius 2 is 2.24 bits per heavy atom. The van der Waals surface area contributed by atoms with Crippen LogP contribution in [0.1, 0.15) is 15.9 Å². The maximum absolute atomic E-state index is 12.8. The molecule has 0 radical (unpaired) electrons. The predicted molar refractivity (Wildman–Crippen MR) is 108 cm³/mol. The average molecular weight is 391 g/mol. The number of carbonyl (C=O) groups excluding carboxylic acids is 1. The summed E-state index contributed by atoms with van der Waals surface area (Å²) in [7, 11) is 2.00. The number of nitriles is 1. The fraction of sp³-hybridized carbons (Fsp3) is 0.300. The van der Waals surface area contributed by atoms with Crippen molar-refractivity contribution in [3.63, 3.8) is 0 Å². The van der Waals surface area contributed by atoms with Crippen molar-refractivity contribution in [2.45, 2.75) is 6.04 Å². The molecule has 29 heavy (non-hydrogen) atoms. The van der Waals surface area contributed by atoms with Gasteiger partial charge in [-0.3, -0.25) is 4.79 Å². The average Bonchev–Trinajstić information content (AvgIpc) is 2.70. The topological polar surface area (TPSA) is 115 Å². The number of anilines is 3. The second kappa shape index (κ2) is 8.16. The van der Waals surface area contributed by atoms with Crippen molar-refractivity contribution < 1.29 is 9.53 Å². The van der Waals surface area contributed by atoms with E-state index in [0.29, 0.717) is 47.5 Å². The van der Waals surface area contributed by atoms with Gasteiger partial charge in [-0.25, -0.2) is 4.98 Å². The first-order valence-electron chi connectivity index (χ1n) is 9.31. The number of nitrogens with one attached hydrogen (secondary N) is 3. The number of fused-ring (bicyclic) bond motifs is 4. The highest BCUT2D eigenvalue weighted by Crippen LogP contribution is 2.27. The maximum atomic E-state index is 12.8. The van der Waals surface area contributed by atoms with Gasteiger partial charge in [-0.1, -0.05) is 6.08 Å². The molecule has 1 fully saturated rings. The zero-order chi connectivity index (χ0) is 20.2. The minimum absolute atomic E-state index is 0.118. The third-order valence-electron chi connectivity index (χ3n) is 4.68. The van der Waals surface area contributed by atoms with E-state index in [4.69, 9.17) is 4.74 Å². The zero-order valence-electron chi connectivity index (χ0n) is 16.0. The van der Waals surface area contributed by atoms with Crippen LogP contribution in [0.15, 0.2) is 36.5 Å². The van der Waals surface area contributed by atoms with Gasteiger partial charge in [0.25, 0.3) is 5.91 Å². The van der Waals surface area contributed by atoms with Crippen LogP contribution >= 0.6 is 0 Å². The Kier molecular flexibility index (Phi) is 5.27. The first-order chi connectivity index (χ1) is 14.1. The highest BCUT2D eigenvalue weighted by Gasteiger charge is 2.26. The number of likely N-dealkylation sites (N-methyl/N-ethyl adjacent to an activating group) is 1. The summed E-state index contributed by atoms with van der Waals surface area (Å²) in [6, 6.07) is 7.39. The van der Waals surface area contributed by atoms with Crippen LogP contribution in [0.2, 0.25) is 0 Å². The lowest BCUT2D eigenvalue weighted by Gasteiger charge is -2.36. The molecular weight excluding hydrogens is 370 g/mol. The van der Waals surface area contributed by atoms with Crippen LogP contribution < -0.4 is 20.7 Å². The minimum atomic E-state index is -0.230. The molecule has 0 saturated carbocycles. The molecule has 2 aromatic rings. The fourth-order valence-electron chi connectivity index (χ4n) is 3.17. The number of aromatic nitrogens is 2. The number of carbonyl (C=O) groups is 1. The molecule has 0 aliphatic carbocycles. The third kappa shape index (κ3) is 4.28. The summed E-state index contributed by atoms with van der Waals surface area (Å²) in [5.41, 5.74) is 1.44. The van der Waals surface area contributed by atoms with E-state index in [1.54, 1.807) is 18.2 Å². The van der Waals surface area contributed by atoms with Crippen LogP contribution in [0.3, 0.4) is 0 Å². The Balaban J connectivity index is 1.66. The molecular formula is C20H21N7O2. The number of amides is 1. The molecule has 1 aromatic heterocycles. The van der Waals surface area contributed by atoms with Crippen molar-refractivity contribution in [3.8, 4) is 11.8 Å². The van der Waals surface area contributed by atoms with E-state index in [2.05, 4.69) is 36.9 Å². The second-order valence-electron chi connectivity index (χ2n) is 6.96. The lowest BCUT2D eigenvalue weighted by molar-refractivity contribution is 0.0858. The van der Waals surface area contributed by atoms with E-state index in [0.717, 1.165) is 13.1 Å². The molecule has 2 aliphatic heterocycles. The molecule has 3 N–H and O–H groups in total. The Labute approximate surface area is 168 Å². The van der Waals surface area contributed by atoms with E-state index in [9.17, 15) is 10.1 Å². The van der Waals surface area contributed by atoms with Gasteiger partial charge < -0.3 is 25.6 Å². The minimum Gasteiger partial charge on any atom is -0.488 e. The molecule has 148 valence electrons. The molecule has 3 heterocycles. The van der Waals surface area contributed by atoms with Gasteiger partial charge in [0.1, 0.15) is 29.8 Å². The lowest BCUT2D eigenvalue weighted by atomic mass is 10.1. The third-order valence-corrected chi connectivity index (χ3v) is 4.68. The standard InChI is InChI=1S/C20H21N7O2/c1-27-11-15(12-27)25-19(28)16-10-23-20-22-6-2-3-7-29-17-8-14(24-18(16)26-20)5-4-13(17)9-21/h2-5,8,10,15H,6-7,11-12H2,1H3,(H,25,28)(H2,22,23,24,26)/b3-2-. The predicted octanol–water partition coefficient (Wildman–Crippen LogP) is 1.50. The molecule has 4 rings (SSSR count). The molecule has 2 aliphatic rings. The molecule has 0 atom stereocenters. The molecule has 1 amide bonds. The van der Waals surface area contributed by atoms with Gasteiger partial charge in [0.05, 0.1) is 11.6 Å². The van der Waals surface area contributed by atoms with Crippen molar-refractivity contribution in [1.82, 2.24) is 20.2 Å². The van der Waals surface area contributed by atoms with Crippen molar-refractivity contribution in [2.24, 2.45) is 0 Å². The Bertz CT molecular complexity index is 993. The van der Waals surface area contributed by atoms with Gasteiger partial charge >= 0.3 is 0 Å². The van der Waals surface area contributed by atoms with Crippen molar-refractivity contribution >= 4 is 23.4 Å². The van der Waals surface area contributed by atoms with Crippen molar-refractivity contribution in [2.75, 3.05) is 43.9 Å². The van der Waals surface area contributed by atoms with E-state index >= 15 is 0 Å². The highest BCUT2D eigenvalue weighted by molar-refractivity contribution is 5.99. The zero-order valence-corrected chi connectivity index (χ0v) is 16.0. The molecule has 9 nitrogen and oxygen atoms in total. The van der Waals surface area contributed by atoms with Crippen LogP contribution in [0.4, 0.5) is 17.5 Å². The lowest BCUT2D eigenvalue weighted by Crippen LogP contribution is -2.57. The number of hydrogen-bond donors (Lipinski definition) is 3. The maximum Gasteiger partial charge on any atom is 0.256 e. The monoisotopic (exact) mass is 391 g/mol. The van der Waals surface area contributed by atoms with E-state index in [1.807, 2.05) is 19.2 Å². The first-order valence-corrected chi connectivity index (χ1v) is 9.31. The molecule has 0 spiro atoms. The van der Waals surface area contributed by atoms with Crippen molar-refractivity contribution in [1.29, 1.82) is 5.26 Å². The number of benzene rings is 1. The first kappa shape index (κ1) is 18.7. The Morgan fingerprint density at radius 3 is 3.03 bits per heavy atom. The van der Waals surface area contributed by atoms with Gasteiger partial charge in [0.2, 0.25) is 5.95 Å². The molecule has 1 aromatic carbocycles. The van der Waals surface area contributed by atoms with Gasteiger partial charge in [-0.2, -0.15) is 10.2 Å². The quantitative estimate of drug-likeness (QED) is 0.660. The number of hydrogen-bond acceptors (Lipinski definition) is 8. The Morgan fingerprint density at radius 1 is 1.38 bits per heavy atom. The van der Waals surface area contributed by atoms with Crippen LogP contribution in [0.25, 0.3) is 0 Å². The van der Waals surface area contributed by atoms with Gasteiger partial charge in [0.15, 0.2) is 0 Å². The largest absolute Gasteiger partial charge is 0.488 e. The summed E-state index contributed by atoms with van der Waals surface area (Å²) >= 11 is 0. The number of rotatable bonds is 2. The number of nitrogens with zero attached hydrogens (tertiary/aromatic N) is 4. The van der Waals surface area contributed by atoms with Crippen molar-refractivity contribution in [3.05, 3.63) is 47.7 Å². The highest BCUT2D eigenvalue weighted by atomic mass is 16.5. The van der Waals surface area contributed by atoms with Crippen LogP contribution in [-0.2, 0) is 0 Å². The normalized spacial score (nSPS) is 17.5. The summed E-state index contributed by atoms with van der Waals surface area (Å²) < 4.78 is 5.71. The van der Waals surface area contributed by atoms with E-state index < -0.39 is 0 Å². The molecule has 1 saturated heterocycles. The molecule has 4 bridgehead atoms.